The van der Waals surface area contributed by atoms with Crippen molar-refractivity contribution in [3.8, 4) is 22.3 Å². The van der Waals surface area contributed by atoms with Crippen LogP contribution in [0.15, 0.2) is 91.0 Å². The van der Waals surface area contributed by atoms with Gasteiger partial charge < -0.3 is 0 Å². The molecule has 0 unspecified atom stereocenters. The Morgan fingerprint density at radius 3 is 2.24 bits per heavy atom. The topological polar surface area (TPSA) is 0 Å². The summed E-state index contributed by atoms with van der Waals surface area (Å²) in [5.41, 5.74) is 9.70. The van der Waals surface area contributed by atoms with E-state index in [1.54, 1.807) is 0 Å². The van der Waals surface area contributed by atoms with Gasteiger partial charge in [0.25, 0.3) is 0 Å². The fourth-order valence-corrected chi connectivity index (χ4v) is 6.29. The maximum atomic E-state index is 4.93. The van der Waals surface area contributed by atoms with Crippen molar-refractivity contribution in [2.45, 2.75) is 34.1 Å². The molecule has 1 heterocycles. The van der Waals surface area contributed by atoms with Gasteiger partial charge in [-0.2, -0.15) is 35.5 Å². The third-order valence-corrected chi connectivity index (χ3v) is 7.92. The molecule has 0 bridgehead atoms. The SMILES string of the molecule is Cc1ccccc1-c1c(C)ccc2[cH-]c(CC(C)C)cc12.[Cl][Zr+2][Cl].[c-]1cccc2c1[Si]c1ccccc1-2. The molecule has 2 radical (unpaired) electrons. The van der Waals surface area contributed by atoms with Gasteiger partial charge in [0.05, 0.1) is 9.52 Å². The van der Waals surface area contributed by atoms with Crippen molar-refractivity contribution in [2.24, 2.45) is 5.92 Å². The van der Waals surface area contributed by atoms with Crippen LogP contribution in [-0.2, 0) is 27.3 Å². The van der Waals surface area contributed by atoms with Gasteiger partial charge in [-0.05, 0) is 37.3 Å². The van der Waals surface area contributed by atoms with Crippen LogP contribution in [-0.4, -0.2) is 9.52 Å². The first-order valence-corrected chi connectivity index (χ1v) is 19.8. The average molecular weight is 617 g/mol. The minimum atomic E-state index is -0.826. The molecule has 37 heavy (non-hydrogen) atoms. The maximum Gasteiger partial charge on any atom is 0.0920 e. The second-order valence-electron chi connectivity index (χ2n) is 9.74. The number of halogens is 2. The van der Waals surface area contributed by atoms with Gasteiger partial charge >= 0.3 is 37.9 Å². The van der Waals surface area contributed by atoms with Gasteiger partial charge in [0.15, 0.2) is 0 Å². The second-order valence-corrected chi connectivity index (χ2v) is 14.8. The Morgan fingerprint density at radius 1 is 0.838 bits per heavy atom. The molecule has 0 atom stereocenters. The van der Waals surface area contributed by atoms with Crippen LogP contribution in [0.1, 0.15) is 30.5 Å². The summed E-state index contributed by atoms with van der Waals surface area (Å²) in [5.74, 6) is 0.699. The predicted octanol–water partition coefficient (Wildman–Crippen LogP) is 8.54. The van der Waals surface area contributed by atoms with E-state index in [2.05, 4.69) is 119 Å². The zero-order chi connectivity index (χ0) is 26.4. The van der Waals surface area contributed by atoms with Gasteiger partial charge in [-0.25, -0.2) is 0 Å². The Bertz CT molecular complexity index is 1440. The van der Waals surface area contributed by atoms with Crippen molar-refractivity contribution in [1.82, 2.24) is 0 Å². The van der Waals surface area contributed by atoms with Crippen molar-refractivity contribution < 1.29 is 20.8 Å². The molecular formula is C33H30Cl2SiZr. The normalized spacial score (nSPS) is 11.1. The third-order valence-electron chi connectivity index (χ3n) is 6.55. The average Bonchev–Trinajstić information content (AvgIpc) is 3.46. The first-order valence-electron chi connectivity index (χ1n) is 12.5. The van der Waals surface area contributed by atoms with E-state index < -0.39 is 20.8 Å². The van der Waals surface area contributed by atoms with Gasteiger partial charge in [-0.1, -0.05) is 84.3 Å². The summed E-state index contributed by atoms with van der Waals surface area (Å²) in [6.45, 7) is 8.98. The third kappa shape index (κ3) is 6.79. The molecule has 184 valence electrons. The van der Waals surface area contributed by atoms with Crippen molar-refractivity contribution in [2.75, 3.05) is 0 Å². The van der Waals surface area contributed by atoms with Crippen LogP contribution >= 0.6 is 17.0 Å². The van der Waals surface area contributed by atoms with E-state index >= 15 is 0 Å². The molecule has 0 spiro atoms. The van der Waals surface area contributed by atoms with E-state index in [9.17, 15) is 0 Å². The summed E-state index contributed by atoms with van der Waals surface area (Å²) in [5, 5.41) is 5.60. The summed E-state index contributed by atoms with van der Waals surface area (Å²) in [7, 11) is 10.7. The van der Waals surface area contributed by atoms with Gasteiger partial charge in [0.2, 0.25) is 0 Å². The minimum absolute atomic E-state index is 0.699. The maximum absolute atomic E-state index is 4.93. The summed E-state index contributed by atoms with van der Waals surface area (Å²) in [6, 6.07) is 36.1. The fraction of sp³-hybridized carbons (Fsp3) is 0.182. The van der Waals surface area contributed by atoms with Crippen molar-refractivity contribution in [3.63, 3.8) is 0 Å². The van der Waals surface area contributed by atoms with Crippen LogP contribution in [0.5, 0.6) is 0 Å². The molecule has 0 aliphatic carbocycles. The van der Waals surface area contributed by atoms with Gasteiger partial charge in [0.1, 0.15) is 0 Å². The zero-order valence-corrected chi connectivity index (χ0v) is 26.7. The van der Waals surface area contributed by atoms with Gasteiger partial charge in [0, 0.05) is 0 Å². The zero-order valence-electron chi connectivity index (χ0n) is 21.7. The van der Waals surface area contributed by atoms with Crippen LogP contribution in [0.4, 0.5) is 0 Å². The Morgan fingerprint density at radius 2 is 1.51 bits per heavy atom. The summed E-state index contributed by atoms with van der Waals surface area (Å²) in [4.78, 5) is 0. The summed E-state index contributed by atoms with van der Waals surface area (Å²) >= 11 is -0.826. The molecule has 5 aromatic rings. The van der Waals surface area contributed by atoms with Crippen LogP contribution in [0.3, 0.4) is 0 Å². The van der Waals surface area contributed by atoms with Crippen LogP contribution in [0, 0.1) is 25.8 Å². The van der Waals surface area contributed by atoms with E-state index in [4.69, 9.17) is 17.0 Å². The van der Waals surface area contributed by atoms with E-state index in [0.29, 0.717) is 5.92 Å². The molecule has 0 amide bonds. The molecule has 6 rings (SSSR count). The standard InChI is InChI=1S/C21H23.C12H7Si.2ClH.Zr/c1-14(2)11-17-12-18-10-9-16(4)21(20(18)13-17)19-8-6-5-7-15(19)3;1-3-7-11-9(5-1)10-6-2-4-8-12(10)13-11;;;/h5-10,12-14H,11H2,1-4H3;1-7H;2*1H;/q2*-1;;;+4/p-2. The van der Waals surface area contributed by atoms with Gasteiger partial charge in [-0.3, -0.25) is 0 Å². The molecule has 5 aromatic carbocycles. The number of rotatable bonds is 3. The Balaban J connectivity index is 0.000000170. The van der Waals surface area contributed by atoms with E-state index in [1.807, 2.05) is 6.07 Å². The van der Waals surface area contributed by atoms with Crippen molar-refractivity contribution in [3.05, 3.63) is 114 Å². The Labute approximate surface area is 242 Å². The van der Waals surface area contributed by atoms with E-state index in [-0.39, 0.29) is 0 Å². The monoisotopic (exact) mass is 614 g/mol. The Kier molecular flexibility index (Phi) is 10.1. The molecule has 0 aromatic heterocycles. The summed E-state index contributed by atoms with van der Waals surface area (Å²) < 4.78 is 0. The first-order chi connectivity index (χ1) is 17.9. The number of hydrogen-bond donors (Lipinski definition) is 0. The summed E-state index contributed by atoms with van der Waals surface area (Å²) in [6.07, 6.45) is 1.15. The molecule has 0 fully saturated rings. The minimum Gasteiger partial charge on any atom is -0.184 e. The van der Waals surface area contributed by atoms with Crippen LogP contribution in [0.2, 0.25) is 0 Å². The molecule has 4 heteroatoms. The van der Waals surface area contributed by atoms with Crippen LogP contribution < -0.4 is 10.4 Å². The smallest absolute Gasteiger partial charge is 0.0920 e. The molecule has 0 N–H and O–H groups in total. The van der Waals surface area contributed by atoms with E-state index in [1.165, 1.54) is 60.1 Å². The molecule has 0 nitrogen and oxygen atoms in total. The van der Waals surface area contributed by atoms with E-state index in [0.717, 1.165) is 15.9 Å². The Hall–Kier alpha value is -1.83. The fourth-order valence-electron chi connectivity index (χ4n) is 4.98. The first kappa shape index (κ1) is 28.2. The van der Waals surface area contributed by atoms with Crippen LogP contribution in [0.25, 0.3) is 33.0 Å². The van der Waals surface area contributed by atoms with Crippen molar-refractivity contribution >= 4 is 47.7 Å². The molecular weight excluding hydrogens is 587 g/mol. The molecule has 0 saturated carbocycles. The number of aryl methyl sites for hydroxylation is 2. The second kappa shape index (κ2) is 13.3. The number of hydrogen-bond acceptors (Lipinski definition) is 0. The van der Waals surface area contributed by atoms with Crippen molar-refractivity contribution in [1.29, 1.82) is 0 Å². The quantitative estimate of drug-likeness (QED) is 0.138. The predicted molar refractivity (Wildman–Crippen MR) is 160 cm³/mol. The molecule has 1 aliphatic rings. The van der Waals surface area contributed by atoms with Gasteiger partial charge in [-0.15, -0.1) is 40.1 Å². The molecule has 0 saturated heterocycles. The molecule has 1 aliphatic heterocycles. The number of fused-ring (bicyclic) bond motifs is 4. The largest absolute Gasteiger partial charge is 0.184 e. The number of benzene rings is 4.